The number of benzene rings is 2. The summed E-state index contributed by atoms with van der Waals surface area (Å²) in [5.74, 6) is 0.869. The van der Waals surface area contributed by atoms with Gasteiger partial charge in [0.1, 0.15) is 5.75 Å². The third-order valence-corrected chi connectivity index (χ3v) is 5.87. The molecule has 0 fully saturated rings. The van der Waals surface area contributed by atoms with E-state index in [0.717, 1.165) is 28.1 Å². The lowest BCUT2D eigenvalue weighted by Crippen LogP contribution is -2.26. The first-order valence-corrected chi connectivity index (χ1v) is 11.4. The van der Waals surface area contributed by atoms with Gasteiger partial charge in [0, 0.05) is 17.4 Å². The van der Waals surface area contributed by atoms with Crippen LogP contribution in [0.1, 0.15) is 27.0 Å². The molecule has 0 unspecified atom stereocenters. The van der Waals surface area contributed by atoms with Crippen molar-refractivity contribution in [3.63, 3.8) is 0 Å². The molecule has 0 saturated heterocycles. The number of aromatic nitrogens is 5. The number of imidazole rings is 1. The maximum absolute atomic E-state index is 11.4. The summed E-state index contributed by atoms with van der Waals surface area (Å²) in [6.07, 6.45) is 3.25. The third-order valence-electron chi connectivity index (χ3n) is 5.87. The van der Waals surface area contributed by atoms with Crippen LogP contribution in [0.15, 0.2) is 61.1 Å². The number of carbonyl (C=O) groups is 1. The van der Waals surface area contributed by atoms with E-state index in [9.17, 15) is 4.79 Å². The predicted molar refractivity (Wildman–Crippen MR) is 137 cm³/mol. The lowest BCUT2D eigenvalue weighted by atomic mass is 10.0. The molecule has 0 aliphatic rings. The third kappa shape index (κ3) is 4.66. The Balaban J connectivity index is 1.49. The second-order valence-corrected chi connectivity index (χ2v) is 8.59. The summed E-state index contributed by atoms with van der Waals surface area (Å²) in [5, 5.41) is 12.2. The number of anilines is 2. The van der Waals surface area contributed by atoms with Crippen molar-refractivity contribution < 1.29 is 14.1 Å². The number of pyridine rings is 1. The molecular formula is C27H23N8O2+. The Morgan fingerprint density at radius 1 is 1.11 bits per heavy atom. The first-order chi connectivity index (χ1) is 17.8. The average Bonchev–Trinajstić information content (AvgIpc) is 3.27. The van der Waals surface area contributed by atoms with Crippen LogP contribution >= 0.6 is 0 Å². The Hall–Kier alpha value is -5.30. The molecule has 1 amide bonds. The quantitative estimate of drug-likeness (QED) is 0.305. The second kappa shape index (κ2) is 9.39. The van der Waals surface area contributed by atoms with E-state index in [2.05, 4.69) is 31.3 Å². The molecule has 0 radical (unpaired) electrons. The summed E-state index contributed by atoms with van der Waals surface area (Å²) >= 11 is 0. The number of nitrogens with two attached hydrogens (primary N) is 1. The van der Waals surface area contributed by atoms with E-state index >= 15 is 0 Å². The highest BCUT2D eigenvalue weighted by Crippen LogP contribution is 2.34. The molecule has 0 aliphatic carbocycles. The average molecular weight is 492 g/mol. The number of fused-ring (bicyclic) bond motifs is 1. The number of nitrogens with zero attached hydrogens (tertiary/aromatic N) is 5. The second-order valence-electron chi connectivity index (χ2n) is 8.59. The monoisotopic (exact) mass is 491 g/mol. The van der Waals surface area contributed by atoms with Gasteiger partial charge < -0.3 is 15.8 Å². The van der Waals surface area contributed by atoms with E-state index in [4.69, 9.17) is 15.7 Å². The van der Waals surface area contributed by atoms with Gasteiger partial charge in [-0.2, -0.15) is 10.2 Å². The molecule has 182 valence electrons. The smallest absolute Gasteiger partial charge is 0.311 e. The molecule has 5 aromatic rings. The van der Waals surface area contributed by atoms with Crippen LogP contribution < -0.4 is 20.4 Å². The molecule has 0 bridgehead atoms. The van der Waals surface area contributed by atoms with Crippen molar-refractivity contribution >= 4 is 28.7 Å². The van der Waals surface area contributed by atoms with Gasteiger partial charge >= 0.3 is 11.6 Å². The zero-order valence-corrected chi connectivity index (χ0v) is 20.4. The maximum atomic E-state index is 11.4. The highest BCUT2D eigenvalue weighted by atomic mass is 16.5. The van der Waals surface area contributed by atoms with E-state index in [1.165, 1.54) is 6.20 Å². The molecule has 10 nitrogen and oxygen atoms in total. The van der Waals surface area contributed by atoms with Crippen molar-refractivity contribution in [2.45, 2.75) is 13.8 Å². The van der Waals surface area contributed by atoms with Gasteiger partial charge in [0.15, 0.2) is 6.33 Å². The fraction of sp³-hybridized carbons (Fsp3) is 0.111. The van der Waals surface area contributed by atoms with Crippen LogP contribution in [0.25, 0.3) is 22.4 Å². The Bertz CT molecular complexity index is 1660. The van der Waals surface area contributed by atoms with Gasteiger partial charge in [-0.1, -0.05) is 4.98 Å². The fourth-order valence-electron chi connectivity index (χ4n) is 3.99. The minimum absolute atomic E-state index is 0.355. The minimum atomic E-state index is -0.517. The first kappa shape index (κ1) is 23.4. The topological polar surface area (TPSA) is 146 Å². The Morgan fingerprint density at radius 2 is 1.84 bits per heavy atom. The lowest BCUT2D eigenvalue weighted by Gasteiger charge is -2.13. The molecule has 0 saturated carbocycles. The van der Waals surface area contributed by atoms with Gasteiger partial charge in [-0.15, -0.1) is 0 Å². The van der Waals surface area contributed by atoms with Crippen LogP contribution in [-0.4, -0.2) is 25.8 Å². The minimum Gasteiger partial charge on any atom is -0.435 e. The predicted octanol–water partition coefficient (Wildman–Crippen LogP) is 3.97. The van der Waals surface area contributed by atoms with Crippen LogP contribution in [0.4, 0.5) is 11.6 Å². The lowest BCUT2D eigenvalue weighted by molar-refractivity contribution is -0.646. The summed E-state index contributed by atoms with van der Waals surface area (Å²) in [4.78, 5) is 28.2. The van der Waals surface area contributed by atoms with Crippen LogP contribution in [0, 0.1) is 25.2 Å². The van der Waals surface area contributed by atoms with Crippen molar-refractivity contribution in [1.29, 1.82) is 5.26 Å². The summed E-state index contributed by atoms with van der Waals surface area (Å²) in [7, 11) is 1.88. The molecule has 3 heterocycles. The maximum Gasteiger partial charge on any atom is 0.311 e. The number of hydrogen-bond acceptors (Lipinski definition) is 7. The largest absolute Gasteiger partial charge is 0.435 e. The molecule has 0 spiro atoms. The highest BCUT2D eigenvalue weighted by Gasteiger charge is 2.22. The zero-order chi connectivity index (χ0) is 26.1. The van der Waals surface area contributed by atoms with Gasteiger partial charge in [-0.25, -0.2) is 4.57 Å². The molecular weight excluding hydrogens is 468 g/mol. The summed E-state index contributed by atoms with van der Waals surface area (Å²) in [5.41, 5.74) is 11.7. The number of nitriles is 1. The van der Waals surface area contributed by atoms with Crippen molar-refractivity contribution in [3.8, 4) is 29.0 Å². The molecule has 10 heteroatoms. The van der Waals surface area contributed by atoms with E-state index < -0.39 is 5.91 Å². The number of amides is 1. The van der Waals surface area contributed by atoms with Crippen LogP contribution in [0.5, 0.6) is 11.6 Å². The number of H-pyrrole nitrogens is 1. The Kier molecular flexibility index (Phi) is 5.95. The Labute approximate surface area is 212 Å². The molecule has 5 rings (SSSR count). The normalized spacial score (nSPS) is 10.8. The summed E-state index contributed by atoms with van der Waals surface area (Å²) < 4.78 is 8.21. The van der Waals surface area contributed by atoms with Crippen molar-refractivity contribution in [1.82, 2.24) is 19.9 Å². The molecule has 3 aromatic heterocycles. The molecule has 2 aromatic carbocycles. The molecule has 37 heavy (non-hydrogen) atoms. The van der Waals surface area contributed by atoms with Crippen LogP contribution in [0.2, 0.25) is 0 Å². The first-order valence-electron chi connectivity index (χ1n) is 11.4. The van der Waals surface area contributed by atoms with Gasteiger partial charge in [0.2, 0.25) is 11.4 Å². The summed E-state index contributed by atoms with van der Waals surface area (Å²) in [6.45, 7) is 3.90. The molecule has 0 aliphatic heterocycles. The Morgan fingerprint density at radius 3 is 2.46 bits per heavy atom. The number of ether oxygens (including phenoxy) is 1. The van der Waals surface area contributed by atoms with E-state index in [1.54, 1.807) is 42.7 Å². The van der Waals surface area contributed by atoms with E-state index in [1.807, 2.05) is 37.6 Å². The molecule has 4 N–H and O–H groups in total. The number of hydrogen-bond donors (Lipinski definition) is 3. The van der Waals surface area contributed by atoms with Gasteiger partial charge in [0.25, 0.3) is 5.88 Å². The zero-order valence-electron chi connectivity index (χ0n) is 20.4. The highest BCUT2D eigenvalue weighted by molar-refractivity contribution is 5.92. The SMILES string of the molecule is Cc1cc(-c2ccc(C(N)=O)cn2)cc(C)c1Oc1nc(Nc2ccc(C#N)cc2)nc2c1[nH]c[n+]2C. The van der Waals surface area contributed by atoms with E-state index in [-0.39, 0.29) is 0 Å². The van der Waals surface area contributed by atoms with Gasteiger partial charge in [0.05, 0.1) is 29.9 Å². The fourth-order valence-corrected chi connectivity index (χ4v) is 3.99. The number of aryl methyl sites for hydroxylation is 3. The van der Waals surface area contributed by atoms with Gasteiger partial charge in [-0.05, 0) is 73.5 Å². The number of rotatable bonds is 6. The number of carbonyl (C=O) groups excluding carboxylic acids is 1. The summed E-state index contributed by atoms with van der Waals surface area (Å²) in [6, 6.07) is 16.5. The van der Waals surface area contributed by atoms with Gasteiger partial charge in [-0.3, -0.25) is 14.8 Å². The van der Waals surface area contributed by atoms with Crippen molar-refractivity contribution in [2.75, 3.05) is 5.32 Å². The molecule has 0 atom stereocenters. The number of aromatic amines is 1. The van der Waals surface area contributed by atoms with Crippen molar-refractivity contribution in [3.05, 3.63) is 83.3 Å². The number of primary amides is 1. The standard InChI is InChI=1S/C27H22N8O2/c1-15-10-19(21-9-6-18(13-30-21)24(29)36)11-16(2)23(15)37-26-22-25(35(3)14-31-22)33-27(34-26)32-20-7-4-17(12-28)5-8-20/h4-11,13-14H,1-3H3,(H3,29,32,33,34,36)/p+1. The number of nitrogens with one attached hydrogen (secondary N) is 2. The van der Waals surface area contributed by atoms with E-state index in [0.29, 0.717) is 39.9 Å². The van der Waals surface area contributed by atoms with Crippen LogP contribution in [-0.2, 0) is 7.05 Å². The van der Waals surface area contributed by atoms with Crippen molar-refractivity contribution in [2.24, 2.45) is 12.8 Å². The van der Waals surface area contributed by atoms with Crippen LogP contribution in [0.3, 0.4) is 0 Å².